The smallest absolute Gasteiger partial charge is 0.267 e. The fraction of sp³-hybridized carbons (Fsp3) is 0.105. The maximum atomic E-state index is 14.0. The van der Waals surface area contributed by atoms with E-state index >= 15 is 0 Å². The molecule has 8 rings (SSSR count). The number of aromatic amines is 1. The molecule has 2 atom stereocenters. The number of H-pyrrole nitrogens is 1. The number of halogens is 6. The number of benzene rings is 4. The van der Waals surface area contributed by atoms with Gasteiger partial charge in [0.1, 0.15) is 40.4 Å². The van der Waals surface area contributed by atoms with Gasteiger partial charge in [-0.15, -0.1) is 0 Å². The first kappa shape index (κ1) is 37.2. The monoisotopic (exact) mass is 787 g/mol. The molecule has 55 heavy (non-hydrogen) atoms. The third kappa shape index (κ3) is 7.24. The van der Waals surface area contributed by atoms with E-state index in [4.69, 9.17) is 28.9 Å². The lowest BCUT2D eigenvalue weighted by Crippen LogP contribution is -2.28. The Morgan fingerprint density at radius 2 is 1.20 bits per heavy atom. The minimum atomic E-state index is -0.819. The highest BCUT2D eigenvalue weighted by Crippen LogP contribution is 2.27. The number of nitrogens with two attached hydrogens (primary N) is 1. The molecule has 4 aromatic carbocycles. The molecule has 2 unspecified atom stereocenters. The van der Waals surface area contributed by atoms with Crippen LogP contribution in [-0.4, -0.2) is 34.1 Å². The molecule has 4 N–H and O–H groups in total. The summed E-state index contributed by atoms with van der Waals surface area (Å²) in [5, 5.41) is 3.93. The van der Waals surface area contributed by atoms with Crippen LogP contribution in [0.4, 0.5) is 23.4 Å². The van der Waals surface area contributed by atoms with E-state index in [1.807, 2.05) is 0 Å². The summed E-state index contributed by atoms with van der Waals surface area (Å²) in [4.78, 5) is 46.8. The van der Waals surface area contributed by atoms with E-state index < -0.39 is 46.5 Å². The molecule has 17 heteroatoms. The minimum absolute atomic E-state index is 0.00333. The van der Waals surface area contributed by atoms with Gasteiger partial charge in [0, 0.05) is 18.3 Å². The van der Waals surface area contributed by atoms with Gasteiger partial charge in [-0.05, 0) is 68.4 Å². The summed E-state index contributed by atoms with van der Waals surface area (Å²) in [6, 6.07) is 16.0. The number of imidazole rings is 1. The van der Waals surface area contributed by atoms with Gasteiger partial charge in [-0.2, -0.15) is 0 Å². The average molecular weight is 789 g/mol. The lowest BCUT2D eigenvalue weighted by atomic mass is 10.2. The largest absolute Gasteiger partial charge is 0.359 e. The van der Waals surface area contributed by atoms with E-state index in [9.17, 15) is 27.2 Å². The highest BCUT2D eigenvalue weighted by atomic mass is 35.5. The quantitative estimate of drug-likeness (QED) is 0.143. The standard InChI is InChI=1S/C22H15ClF2N6O.C16H12ClF2N3O/c1-11(29-20-19-17(5-6-26-20)27-10-28-19)21-30-16-4-2-3-15(23)18(16)22(32)31(21)14-8-12(24)7-13(25)9-14;1-8(20)15-21-13-4-2-3-12(17)14(13)16(23)22(15)11-6-9(18)5-10(19)7-11/h2-11H,1H3,(H,26,29)(H,27,28);2-8H,20H2,1H3. The van der Waals surface area contributed by atoms with Gasteiger partial charge in [-0.3, -0.25) is 18.7 Å². The van der Waals surface area contributed by atoms with Crippen LogP contribution in [0.15, 0.2) is 101 Å². The van der Waals surface area contributed by atoms with E-state index in [-0.39, 0.29) is 43.8 Å². The number of pyridine rings is 1. The van der Waals surface area contributed by atoms with Crippen molar-refractivity contribution in [3.63, 3.8) is 0 Å². The van der Waals surface area contributed by atoms with E-state index in [0.717, 1.165) is 51.0 Å². The fourth-order valence-corrected chi connectivity index (χ4v) is 6.59. The second-order valence-corrected chi connectivity index (χ2v) is 13.2. The zero-order chi connectivity index (χ0) is 39.1. The van der Waals surface area contributed by atoms with Gasteiger partial charge in [-0.25, -0.2) is 37.5 Å². The molecule has 0 saturated carbocycles. The molecular weight excluding hydrogens is 761 g/mol. The van der Waals surface area contributed by atoms with Crippen molar-refractivity contribution >= 4 is 61.9 Å². The third-order valence-corrected chi connectivity index (χ3v) is 9.07. The number of rotatable bonds is 6. The minimum Gasteiger partial charge on any atom is -0.359 e. The van der Waals surface area contributed by atoms with Gasteiger partial charge in [0.25, 0.3) is 11.1 Å². The molecule has 0 aliphatic carbocycles. The Labute approximate surface area is 318 Å². The number of fused-ring (bicyclic) bond motifs is 3. The molecule has 0 bridgehead atoms. The Hall–Kier alpha value is -6.16. The lowest BCUT2D eigenvalue weighted by molar-refractivity contribution is 0.578. The summed E-state index contributed by atoms with van der Waals surface area (Å²) in [6.07, 6.45) is 3.15. The fourth-order valence-electron chi connectivity index (χ4n) is 6.09. The molecular formula is C38H27Cl2F4N9O2. The predicted octanol–water partition coefficient (Wildman–Crippen LogP) is 8.10. The van der Waals surface area contributed by atoms with Gasteiger partial charge in [0.15, 0.2) is 5.82 Å². The Morgan fingerprint density at radius 3 is 1.71 bits per heavy atom. The van der Waals surface area contributed by atoms with E-state index in [1.54, 1.807) is 68.8 Å². The van der Waals surface area contributed by atoms with Crippen LogP contribution in [0.5, 0.6) is 0 Å². The van der Waals surface area contributed by atoms with Crippen LogP contribution in [0.1, 0.15) is 37.6 Å². The topological polar surface area (TPSA) is 149 Å². The third-order valence-electron chi connectivity index (χ3n) is 8.44. The molecule has 11 nitrogen and oxygen atoms in total. The lowest BCUT2D eigenvalue weighted by Gasteiger charge is -2.20. The molecule has 8 aromatic rings. The average Bonchev–Trinajstić information content (AvgIpc) is 3.61. The predicted molar refractivity (Wildman–Crippen MR) is 203 cm³/mol. The number of aromatic nitrogens is 7. The van der Waals surface area contributed by atoms with Gasteiger partial charge >= 0.3 is 0 Å². The second kappa shape index (κ2) is 14.9. The van der Waals surface area contributed by atoms with Gasteiger partial charge in [0.05, 0.1) is 67.2 Å². The molecule has 0 aliphatic heterocycles. The molecule has 0 spiro atoms. The number of hydrogen-bond donors (Lipinski definition) is 3. The Kier molecular flexibility index (Phi) is 10.1. The van der Waals surface area contributed by atoms with Crippen LogP contribution in [0.25, 0.3) is 44.2 Å². The first-order valence-electron chi connectivity index (χ1n) is 16.5. The summed E-state index contributed by atoms with van der Waals surface area (Å²) in [5.41, 5.74) is 6.94. The molecule has 4 heterocycles. The second-order valence-electron chi connectivity index (χ2n) is 12.4. The van der Waals surface area contributed by atoms with Crippen LogP contribution in [0.3, 0.4) is 0 Å². The van der Waals surface area contributed by atoms with Crippen LogP contribution >= 0.6 is 23.2 Å². The van der Waals surface area contributed by atoms with Crippen molar-refractivity contribution in [1.82, 2.24) is 34.1 Å². The van der Waals surface area contributed by atoms with Gasteiger partial charge in [0.2, 0.25) is 0 Å². The Bertz CT molecular complexity index is 2860. The highest BCUT2D eigenvalue weighted by molar-refractivity contribution is 6.35. The Balaban J connectivity index is 0.000000179. The zero-order valence-electron chi connectivity index (χ0n) is 28.7. The van der Waals surface area contributed by atoms with Crippen LogP contribution in [0.2, 0.25) is 10.0 Å². The summed E-state index contributed by atoms with van der Waals surface area (Å²) in [7, 11) is 0. The maximum Gasteiger partial charge on any atom is 0.267 e. The van der Waals surface area contributed by atoms with E-state index in [2.05, 4.69) is 30.2 Å². The molecule has 0 aliphatic rings. The SMILES string of the molecule is CC(N)c1nc2cccc(Cl)c2c(=O)n1-c1cc(F)cc(F)c1.CC(Nc1nccc2[nH]cnc12)c1nc2cccc(Cl)c2c(=O)n1-c1cc(F)cc(F)c1. The number of nitrogens with zero attached hydrogens (tertiary/aromatic N) is 6. The van der Waals surface area contributed by atoms with Crippen molar-refractivity contribution in [1.29, 1.82) is 0 Å². The molecule has 4 aromatic heterocycles. The molecule has 0 radical (unpaired) electrons. The first-order chi connectivity index (χ1) is 26.3. The van der Waals surface area contributed by atoms with E-state index in [0.29, 0.717) is 22.4 Å². The van der Waals surface area contributed by atoms with Crippen LogP contribution in [-0.2, 0) is 0 Å². The number of nitrogens with one attached hydrogen (secondary N) is 2. The van der Waals surface area contributed by atoms with Crippen LogP contribution < -0.4 is 22.2 Å². The van der Waals surface area contributed by atoms with Crippen molar-refractivity contribution in [3.8, 4) is 11.4 Å². The molecule has 278 valence electrons. The first-order valence-corrected chi connectivity index (χ1v) is 17.2. The summed E-state index contributed by atoms with van der Waals surface area (Å²) in [6.45, 7) is 3.39. The molecule has 0 fully saturated rings. The summed E-state index contributed by atoms with van der Waals surface area (Å²) in [5.74, 6) is -2.36. The number of hydrogen-bond acceptors (Lipinski definition) is 8. The number of anilines is 1. The van der Waals surface area contributed by atoms with Crippen molar-refractivity contribution in [2.75, 3.05) is 5.32 Å². The molecule has 0 amide bonds. The Morgan fingerprint density at radius 1 is 0.709 bits per heavy atom. The highest BCUT2D eigenvalue weighted by Gasteiger charge is 2.22. The normalized spacial score (nSPS) is 12.5. The van der Waals surface area contributed by atoms with Crippen molar-refractivity contribution in [2.45, 2.75) is 25.9 Å². The van der Waals surface area contributed by atoms with Crippen LogP contribution in [0, 0.1) is 23.3 Å². The van der Waals surface area contributed by atoms with E-state index in [1.165, 1.54) is 0 Å². The zero-order valence-corrected chi connectivity index (χ0v) is 30.2. The van der Waals surface area contributed by atoms with Gasteiger partial charge in [-0.1, -0.05) is 35.3 Å². The van der Waals surface area contributed by atoms with Crippen molar-refractivity contribution in [2.24, 2.45) is 5.73 Å². The maximum absolute atomic E-state index is 14.0. The van der Waals surface area contributed by atoms with Crippen molar-refractivity contribution < 1.29 is 17.6 Å². The summed E-state index contributed by atoms with van der Waals surface area (Å²) < 4.78 is 57.4. The van der Waals surface area contributed by atoms with Gasteiger partial charge < -0.3 is 16.0 Å². The summed E-state index contributed by atoms with van der Waals surface area (Å²) >= 11 is 12.3. The molecule has 0 saturated heterocycles. The van der Waals surface area contributed by atoms with Crippen molar-refractivity contribution in [3.05, 3.63) is 157 Å².